The van der Waals surface area contributed by atoms with Gasteiger partial charge in [0.25, 0.3) is 0 Å². The molecule has 2 aromatic carbocycles. The summed E-state index contributed by atoms with van der Waals surface area (Å²) in [5, 5.41) is 2.75. The summed E-state index contributed by atoms with van der Waals surface area (Å²) in [5.41, 5.74) is 4.76. The van der Waals surface area contributed by atoms with E-state index in [2.05, 4.69) is 36.5 Å². The normalized spacial score (nSPS) is 12.1. The number of fused-ring (bicyclic) bond motifs is 3. The fraction of sp³-hybridized carbons (Fsp3) is 0.720. The van der Waals surface area contributed by atoms with Crippen LogP contribution < -0.4 is 5.32 Å². The highest BCUT2D eigenvalue weighted by Crippen LogP contribution is 2.44. The zero-order valence-corrected chi connectivity index (χ0v) is 40.3. The summed E-state index contributed by atoms with van der Waals surface area (Å²) in [5.74, 6) is -0.117. The largest absolute Gasteiger partial charge is 0.463 e. The fourth-order valence-corrected chi connectivity index (χ4v) is 6.73. The van der Waals surface area contributed by atoms with E-state index in [9.17, 15) is 9.59 Å². The Labute approximate surface area is 399 Å². The highest BCUT2D eigenvalue weighted by Gasteiger charge is 2.29. The molecule has 0 fully saturated rings. The number of amides is 1. The Hall–Kier alpha value is -3.30. The van der Waals surface area contributed by atoms with Crippen LogP contribution in [0.3, 0.4) is 0 Å². The van der Waals surface area contributed by atoms with E-state index in [1.54, 1.807) is 0 Å². The molecule has 1 aliphatic rings. The molecule has 0 saturated carbocycles. The molecular weight excluding hydrogens is 871 g/mol. The Morgan fingerprint density at radius 3 is 1.12 bits per heavy atom. The second-order valence-electron chi connectivity index (χ2n) is 15.3. The molecule has 2 aromatic rings. The van der Waals surface area contributed by atoms with Gasteiger partial charge in [0, 0.05) is 18.9 Å². The molecule has 0 atom stereocenters. The number of benzene rings is 2. The molecule has 0 saturated heterocycles. The van der Waals surface area contributed by atoms with Crippen molar-refractivity contribution in [3.63, 3.8) is 0 Å². The third kappa shape index (κ3) is 30.7. The van der Waals surface area contributed by atoms with Gasteiger partial charge in [0.15, 0.2) is 0 Å². The van der Waals surface area contributed by atoms with Crippen LogP contribution in [0.5, 0.6) is 0 Å². The number of carbonyl (C=O) groups excluding carboxylic acids is 2. The lowest BCUT2D eigenvalue weighted by Gasteiger charge is -2.14. The molecule has 0 radical (unpaired) electrons. The van der Waals surface area contributed by atoms with E-state index in [1.165, 1.54) is 47.9 Å². The number of hydrogen-bond donors (Lipinski definition) is 1. The molecule has 0 aromatic heterocycles. The fourth-order valence-electron chi connectivity index (χ4n) is 6.73. The first-order valence-corrected chi connectivity index (χ1v) is 24.4. The Morgan fingerprint density at radius 2 is 0.731 bits per heavy atom. The van der Waals surface area contributed by atoms with Gasteiger partial charge in [-0.3, -0.25) is 4.79 Å². The number of ether oxygens (including phenoxy) is 14. The molecule has 0 unspecified atom stereocenters. The lowest BCUT2D eigenvalue weighted by molar-refractivity contribution is -0.145. The van der Waals surface area contributed by atoms with Gasteiger partial charge >= 0.3 is 12.1 Å². The van der Waals surface area contributed by atoms with E-state index in [-0.39, 0.29) is 25.1 Å². The third-order valence-electron chi connectivity index (χ3n) is 10.2. The monoisotopic (exact) mass is 952 g/mol. The van der Waals surface area contributed by atoms with E-state index in [0.29, 0.717) is 172 Å². The molecule has 382 valence electrons. The van der Waals surface area contributed by atoms with Crippen LogP contribution in [-0.4, -0.2) is 190 Å². The van der Waals surface area contributed by atoms with Crippen molar-refractivity contribution < 1.29 is 75.9 Å². The summed E-state index contributed by atoms with van der Waals surface area (Å²) in [6.07, 6.45) is 6.93. The minimum absolute atomic E-state index is 0.0316. The number of unbranched alkanes of at least 4 members (excludes halogenated alkanes) is 5. The van der Waals surface area contributed by atoms with Crippen molar-refractivity contribution in [2.75, 3.05) is 178 Å². The van der Waals surface area contributed by atoms with Gasteiger partial charge in [0.1, 0.15) is 13.2 Å². The summed E-state index contributed by atoms with van der Waals surface area (Å²) >= 11 is 0. The van der Waals surface area contributed by atoms with E-state index in [0.717, 1.165) is 12.8 Å². The number of nitrogens with one attached hydrogen (secondary N) is 1. The predicted octanol–water partition coefficient (Wildman–Crippen LogP) is 6.02. The molecule has 17 nitrogen and oxygen atoms in total. The maximum absolute atomic E-state index is 12.3. The Morgan fingerprint density at radius 1 is 0.403 bits per heavy atom. The summed E-state index contributed by atoms with van der Waals surface area (Å²) in [7, 11) is 0. The van der Waals surface area contributed by atoms with Gasteiger partial charge in [-0.15, -0.1) is 0 Å². The molecule has 0 spiro atoms. The predicted molar refractivity (Wildman–Crippen MR) is 252 cm³/mol. The number of esters is 1. The van der Waals surface area contributed by atoms with Crippen LogP contribution in [0.25, 0.3) is 11.1 Å². The zero-order valence-electron chi connectivity index (χ0n) is 40.3. The number of hydrogen-bond acceptors (Lipinski definition) is 16. The first kappa shape index (κ1) is 58.0. The van der Waals surface area contributed by atoms with Crippen LogP contribution in [0.2, 0.25) is 0 Å². The van der Waals surface area contributed by atoms with Gasteiger partial charge in [-0.2, -0.15) is 0 Å². The smallest absolute Gasteiger partial charge is 0.407 e. The molecule has 67 heavy (non-hydrogen) atoms. The standard InChI is InChI=1S/C50H81NO16/c1-2-3-4-5-6-7-16-49(52)66-42-41-65-40-39-64-38-37-63-36-35-62-34-33-61-32-31-60-30-29-59-28-27-58-26-25-57-24-23-56-22-21-55-20-19-54-18-17-51-50(53)67-43-48-46-14-10-8-12-44(46)45-13-9-11-15-47(45)48/h8-15,48H,2-7,16-43H2,1H3,(H,51,53). The molecule has 17 heteroatoms. The van der Waals surface area contributed by atoms with E-state index in [4.69, 9.17) is 66.3 Å². The topological polar surface area (TPSA) is 175 Å². The van der Waals surface area contributed by atoms with Crippen LogP contribution in [-0.2, 0) is 71.1 Å². The highest BCUT2D eigenvalue weighted by atomic mass is 16.6. The summed E-state index contributed by atoms with van der Waals surface area (Å²) in [4.78, 5) is 24.0. The van der Waals surface area contributed by atoms with Gasteiger partial charge in [0.05, 0.1) is 159 Å². The molecule has 0 heterocycles. The van der Waals surface area contributed by atoms with Crippen LogP contribution in [0.15, 0.2) is 48.5 Å². The molecule has 1 N–H and O–H groups in total. The molecule has 0 aliphatic heterocycles. The minimum atomic E-state index is -0.456. The van der Waals surface area contributed by atoms with Gasteiger partial charge in [-0.1, -0.05) is 87.6 Å². The van der Waals surface area contributed by atoms with Crippen LogP contribution in [0.1, 0.15) is 68.9 Å². The van der Waals surface area contributed by atoms with Crippen molar-refractivity contribution in [1.82, 2.24) is 5.32 Å². The second kappa shape index (κ2) is 42.8. The summed E-state index contributed by atoms with van der Waals surface area (Å²) in [6.45, 7) is 14.2. The average Bonchev–Trinajstić information content (AvgIpc) is 3.67. The van der Waals surface area contributed by atoms with Crippen LogP contribution in [0, 0.1) is 0 Å². The van der Waals surface area contributed by atoms with E-state index < -0.39 is 6.09 Å². The lowest BCUT2D eigenvalue weighted by Crippen LogP contribution is -2.29. The van der Waals surface area contributed by atoms with Crippen molar-refractivity contribution in [3.05, 3.63) is 59.7 Å². The van der Waals surface area contributed by atoms with Gasteiger partial charge in [-0.05, 0) is 28.7 Å². The Balaban J connectivity index is 0.903. The van der Waals surface area contributed by atoms with Gasteiger partial charge in [0.2, 0.25) is 0 Å². The quantitative estimate of drug-likeness (QED) is 0.0602. The van der Waals surface area contributed by atoms with E-state index in [1.807, 2.05) is 24.3 Å². The Kier molecular flexibility index (Phi) is 37.0. The van der Waals surface area contributed by atoms with Crippen molar-refractivity contribution in [2.24, 2.45) is 0 Å². The lowest BCUT2D eigenvalue weighted by atomic mass is 9.98. The summed E-state index contributed by atoms with van der Waals surface area (Å²) < 4.78 is 76.8. The average molecular weight is 952 g/mol. The number of rotatable bonds is 48. The first-order chi connectivity index (χ1) is 33.2. The molecule has 0 bridgehead atoms. The van der Waals surface area contributed by atoms with Gasteiger partial charge in [-0.25, -0.2) is 4.79 Å². The van der Waals surface area contributed by atoms with Gasteiger partial charge < -0.3 is 71.6 Å². The minimum Gasteiger partial charge on any atom is -0.463 e. The van der Waals surface area contributed by atoms with Crippen molar-refractivity contribution in [1.29, 1.82) is 0 Å². The van der Waals surface area contributed by atoms with Crippen LogP contribution in [0.4, 0.5) is 4.79 Å². The second-order valence-corrected chi connectivity index (χ2v) is 15.3. The molecular formula is C50H81NO16. The first-order valence-electron chi connectivity index (χ1n) is 24.4. The maximum Gasteiger partial charge on any atom is 0.407 e. The third-order valence-corrected chi connectivity index (χ3v) is 10.2. The zero-order chi connectivity index (χ0) is 47.3. The van der Waals surface area contributed by atoms with Crippen molar-refractivity contribution >= 4 is 12.1 Å². The maximum atomic E-state index is 12.3. The SMILES string of the molecule is CCCCCCCCC(=O)OCCOCCOCCOCCOCCOCCOCCOCCOCCOCCOCCOCCOCCNC(=O)OCC1c2ccccc2-c2ccccc21. The van der Waals surface area contributed by atoms with E-state index >= 15 is 0 Å². The Bertz CT molecular complexity index is 1430. The number of carbonyl (C=O) groups is 2. The van der Waals surface area contributed by atoms with Crippen LogP contribution >= 0.6 is 0 Å². The number of alkyl carbamates (subject to hydrolysis) is 1. The van der Waals surface area contributed by atoms with Crippen molar-refractivity contribution in [2.45, 2.75) is 57.8 Å². The summed E-state index contributed by atoms with van der Waals surface area (Å²) in [6, 6.07) is 16.5. The van der Waals surface area contributed by atoms with Crippen molar-refractivity contribution in [3.8, 4) is 11.1 Å². The molecule has 1 aliphatic carbocycles. The highest BCUT2D eigenvalue weighted by molar-refractivity contribution is 5.79. The molecule has 1 amide bonds. The molecule has 3 rings (SSSR count).